The molecule has 0 aliphatic carbocycles. The van der Waals surface area contributed by atoms with E-state index in [1.54, 1.807) is 17.3 Å². The van der Waals surface area contributed by atoms with Crippen molar-refractivity contribution in [2.75, 3.05) is 67.5 Å². The smallest absolute Gasteiger partial charge is 0.329 e. The number of carbonyl (C=O) groups is 2. The van der Waals surface area contributed by atoms with E-state index in [0.717, 1.165) is 100 Å². The van der Waals surface area contributed by atoms with E-state index in [-0.39, 0.29) is 18.4 Å². The molecule has 2 aromatic heterocycles. The first kappa shape index (κ1) is 36.8. The van der Waals surface area contributed by atoms with Gasteiger partial charge in [-0.05, 0) is 106 Å². The molecule has 0 bridgehead atoms. The zero-order chi connectivity index (χ0) is 37.2. The Morgan fingerprint density at radius 2 is 1.70 bits per heavy atom. The number of amides is 3. The van der Waals surface area contributed by atoms with Gasteiger partial charge in [0.2, 0.25) is 11.9 Å². The summed E-state index contributed by atoms with van der Waals surface area (Å²) >= 11 is 5.92. The van der Waals surface area contributed by atoms with Crippen molar-refractivity contribution in [1.82, 2.24) is 34.3 Å². The summed E-state index contributed by atoms with van der Waals surface area (Å²) < 4.78 is 17.6. The molecule has 286 valence electrons. The quantitative estimate of drug-likeness (QED) is 0.225. The summed E-state index contributed by atoms with van der Waals surface area (Å²) in [6.07, 6.45) is 11.0. The van der Waals surface area contributed by atoms with E-state index in [0.29, 0.717) is 35.2 Å². The number of hydrogen-bond donors (Lipinski definition) is 2. The molecule has 4 aliphatic rings. The lowest BCUT2D eigenvalue weighted by Gasteiger charge is -2.34. The first-order valence-corrected chi connectivity index (χ1v) is 20.8. The van der Waals surface area contributed by atoms with Crippen LogP contribution in [0.15, 0.2) is 59.8 Å². The number of rotatable bonds is 9. The molecule has 6 heterocycles. The third-order valence-electron chi connectivity index (χ3n) is 11.6. The lowest BCUT2D eigenvalue weighted by Crippen LogP contribution is -2.49. The Morgan fingerprint density at radius 3 is 2.48 bits per heavy atom. The molecular formula is C39H49ClN10O3S. The lowest BCUT2D eigenvalue weighted by molar-refractivity contribution is -0.120. The maximum absolute atomic E-state index is 13.7. The molecule has 54 heavy (non-hydrogen) atoms. The molecule has 2 unspecified atom stereocenters. The summed E-state index contributed by atoms with van der Waals surface area (Å²) in [6.45, 7) is 7.21. The number of benzene rings is 2. The number of nitrogens with zero attached hydrogens (tertiary/aromatic N) is 8. The van der Waals surface area contributed by atoms with E-state index in [4.69, 9.17) is 11.6 Å². The van der Waals surface area contributed by atoms with Crippen molar-refractivity contribution in [3.05, 3.63) is 65.4 Å². The molecule has 2 atom stereocenters. The van der Waals surface area contributed by atoms with Crippen LogP contribution in [0, 0.1) is 5.92 Å². The molecule has 8 rings (SSSR count). The second kappa shape index (κ2) is 16.3. The fourth-order valence-corrected chi connectivity index (χ4v) is 9.92. The van der Waals surface area contributed by atoms with Crippen molar-refractivity contribution in [3.8, 4) is 0 Å². The van der Waals surface area contributed by atoms with Crippen LogP contribution in [-0.2, 0) is 22.8 Å². The summed E-state index contributed by atoms with van der Waals surface area (Å²) in [5.74, 6) is 2.11. The third-order valence-corrected chi connectivity index (χ3v) is 13.3. The highest BCUT2D eigenvalue weighted by Crippen LogP contribution is 2.35. The number of imide groups is 1. The first-order valence-electron chi connectivity index (χ1n) is 19.3. The van der Waals surface area contributed by atoms with Crippen LogP contribution in [0.25, 0.3) is 10.9 Å². The van der Waals surface area contributed by atoms with E-state index in [2.05, 4.69) is 76.2 Å². The van der Waals surface area contributed by atoms with Gasteiger partial charge in [0, 0.05) is 69.9 Å². The van der Waals surface area contributed by atoms with Crippen LogP contribution >= 0.6 is 11.6 Å². The monoisotopic (exact) mass is 772 g/mol. The highest BCUT2D eigenvalue weighted by molar-refractivity contribution is 7.82. The Morgan fingerprint density at radius 1 is 0.907 bits per heavy atom. The number of anilines is 3. The Bertz CT molecular complexity index is 1990. The van der Waals surface area contributed by atoms with Crippen LogP contribution in [0.3, 0.4) is 0 Å². The summed E-state index contributed by atoms with van der Waals surface area (Å²) in [5, 5.41) is 11.9. The van der Waals surface area contributed by atoms with E-state index >= 15 is 0 Å². The Labute approximate surface area is 324 Å². The van der Waals surface area contributed by atoms with Gasteiger partial charge in [-0.3, -0.25) is 19.7 Å². The van der Waals surface area contributed by atoms with Crippen molar-refractivity contribution < 1.29 is 13.8 Å². The van der Waals surface area contributed by atoms with Crippen molar-refractivity contribution >= 4 is 62.9 Å². The topological polar surface area (TPSA) is 132 Å². The van der Waals surface area contributed by atoms with Gasteiger partial charge in [0.05, 0.1) is 27.8 Å². The molecular weight excluding hydrogens is 724 g/mol. The van der Waals surface area contributed by atoms with Crippen LogP contribution in [0.4, 0.5) is 22.2 Å². The summed E-state index contributed by atoms with van der Waals surface area (Å²) in [4.78, 5) is 40.3. The van der Waals surface area contributed by atoms with E-state index in [1.165, 1.54) is 17.7 Å². The van der Waals surface area contributed by atoms with Gasteiger partial charge in [0.25, 0.3) is 0 Å². The van der Waals surface area contributed by atoms with Gasteiger partial charge in [-0.2, -0.15) is 5.10 Å². The van der Waals surface area contributed by atoms with E-state index in [9.17, 15) is 13.8 Å². The van der Waals surface area contributed by atoms with Gasteiger partial charge < -0.3 is 15.1 Å². The fraction of sp³-hybridized carbons (Fsp3) is 0.513. The minimum atomic E-state index is -1.20. The molecule has 2 aromatic carbocycles. The number of fused-ring (bicyclic) bond motifs is 1. The standard InChI is InChI=1S/C39H49ClN10O3S/c1-46-35-22-29(7-8-34(35)37(45-46)50-21-14-36(51)44-39(50)52)28-10-16-47(17-11-28)26-27-4-3-15-48(18-9-27)32-5-2-6-33(23-32)54(53)49-19-12-31(13-20-49)43-38-41-24-30(40)25-42-38/h2,5-8,22-25,27-28,31H,3-4,9-21,26H2,1H3,(H,41,42,43)(H,44,51,52). The number of likely N-dealkylation sites (tertiary alicyclic amines) is 1. The highest BCUT2D eigenvalue weighted by atomic mass is 35.5. The largest absolute Gasteiger partial charge is 0.371 e. The molecule has 4 aromatic rings. The lowest BCUT2D eigenvalue weighted by atomic mass is 9.88. The number of aromatic nitrogens is 4. The van der Waals surface area contributed by atoms with Gasteiger partial charge in [-0.15, -0.1) is 0 Å². The van der Waals surface area contributed by atoms with Gasteiger partial charge in [-0.1, -0.05) is 23.7 Å². The van der Waals surface area contributed by atoms with Gasteiger partial charge in [-0.25, -0.2) is 23.3 Å². The van der Waals surface area contributed by atoms with E-state index in [1.807, 2.05) is 17.8 Å². The molecule has 2 N–H and O–H groups in total. The molecule has 0 saturated carbocycles. The summed E-state index contributed by atoms with van der Waals surface area (Å²) in [5.41, 5.74) is 3.51. The highest BCUT2D eigenvalue weighted by Gasteiger charge is 2.30. The second-order valence-electron chi connectivity index (χ2n) is 15.2. The van der Waals surface area contributed by atoms with Gasteiger partial charge >= 0.3 is 6.03 Å². The maximum Gasteiger partial charge on any atom is 0.329 e. The zero-order valence-electron chi connectivity index (χ0n) is 30.8. The van der Waals surface area contributed by atoms with Crippen LogP contribution in [-0.4, -0.2) is 104 Å². The van der Waals surface area contributed by atoms with Crippen molar-refractivity contribution in [2.45, 2.75) is 68.2 Å². The van der Waals surface area contributed by atoms with Crippen molar-refractivity contribution in [3.63, 3.8) is 0 Å². The molecule has 4 fully saturated rings. The average molecular weight is 773 g/mol. The van der Waals surface area contributed by atoms with Gasteiger partial charge in [0.15, 0.2) is 5.82 Å². The van der Waals surface area contributed by atoms with Crippen LogP contribution < -0.4 is 20.4 Å². The number of carbonyl (C=O) groups excluding carboxylic acids is 2. The van der Waals surface area contributed by atoms with Crippen molar-refractivity contribution in [2.24, 2.45) is 13.0 Å². The number of nitrogens with one attached hydrogen (secondary N) is 2. The number of hydrogen-bond acceptors (Lipinski definition) is 9. The predicted octanol–water partition coefficient (Wildman–Crippen LogP) is 5.55. The number of aryl methyl sites for hydroxylation is 1. The fourth-order valence-electron chi connectivity index (χ4n) is 8.57. The number of piperidine rings is 2. The molecule has 4 aliphatic heterocycles. The minimum absolute atomic E-state index is 0.242. The van der Waals surface area contributed by atoms with Crippen molar-refractivity contribution in [1.29, 1.82) is 0 Å². The minimum Gasteiger partial charge on any atom is -0.371 e. The Kier molecular flexibility index (Phi) is 11.1. The van der Waals surface area contributed by atoms with Crippen LogP contribution in [0.5, 0.6) is 0 Å². The average Bonchev–Trinajstić information content (AvgIpc) is 3.34. The summed E-state index contributed by atoms with van der Waals surface area (Å²) in [7, 11) is 0.717. The maximum atomic E-state index is 13.7. The first-order chi connectivity index (χ1) is 26.3. The third kappa shape index (κ3) is 8.26. The Hall–Kier alpha value is -4.11. The zero-order valence-corrected chi connectivity index (χ0v) is 32.4. The summed E-state index contributed by atoms with van der Waals surface area (Å²) in [6, 6.07) is 14.7. The van der Waals surface area contributed by atoms with Crippen LogP contribution in [0.1, 0.15) is 62.8 Å². The normalized spacial score (nSPS) is 22.0. The number of halogens is 1. The molecule has 0 spiro atoms. The molecule has 4 saturated heterocycles. The van der Waals surface area contributed by atoms with Gasteiger partial charge in [0.1, 0.15) is 11.0 Å². The predicted molar refractivity (Wildman–Crippen MR) is 212 cm³/mol. The molecule has 0 radical (unpaired) electrons. The van der Waals surface area contributed by atoms with E-state index < -0.39 is 17.0 Å². The van der Waals surface area contributed by atoms with Crippen LogP contribution in [0.2, 0.25) is 5.02 Å². The SMILES string of the molecule is Cn1nc(N2CCC(=O)NC2=O)c2ccc(C3CCN(CC4CCCN(c5cccc(S(=O)N6CCC(Nc7ncc(Cl)cn7)CC6)c5)CC4)CC3)cc21. The Balaban J connectivity index is 0.809. The molecule has 15 heteroatoms. The molecule has 3 amide bonds. The second-order valence-corrected chi connectivity index (χ2v) is 17.1. The molecule has 13 nitrogen and oxygen atoms in total. The number of urea groups is 1.